The molecule has 1 N–H and O–H groups in total. The Morgan fingerprint density at radius 2 is 2.16 bits per heavy atom. The van der Waals surface area contributed by atoms with Crippen molar-refractivity contribution in [2.45, 2.75) is 24.8 Å². The van der Waals surface area contributed by atoms with Crippen molar-refractivity contribution in [1.82, 2.24) is 4.31 Å². The summed E-state index contributed by atoms with van der Waals surface area (Å²) in [6.45, 7) is 4.36. The maximum Gasteiger partial charge on any atom is 0.243 e. The lowest BCUT2D eigenvalue weighted by Gasteiger charge is -2.33. The molecule has 2 rings (SSSR count). The summed E-state index contributed by atoms with van der Waals surface area (Å²) in [5, 5.41) is 9.30. The maximum atomic E-state index is 12.6. The van der Waals surface area contributed by atoms with Gasteiger partial charge < -0.3 is 9.84 Å². The quantitative estimate of drug-likeness (QED) is 0.887. The van der Waals surface area contributed by atoms with Gasteiger partial charge in [0.2, 0.25) is 10.0 Å². The Labute approximate surface area is 113 Å². The summed E-state index contributed by atoms with van der Waals surface area (Å²) in [6.07, 6.45) is 0. The third-order valence-corrected chi connectivity index (χ3v) is 5.41. The van der Waals surface area contributed by atoms with Crippen LogP contribution in [-0.2, 0) is 14.8 Å². The third-order valence-electron chi connectivity index (χ3n) is 3.30. The van der Waals surface area contributed by atoms with E-state index in [1.807, 2.05) is 13.0 Å². The molecule has 1 unspecified atom stereocenters. The summed E-state index contributed by atoms with van der Waals surface area (Å²) in [5.41, 5.74) is 1.75. The summed E-state index contributed by atoms with van der Waals surface area (Å²) in [5.74, 6) is 0. The van der Waals surface area contributed by atoms with Gasteiger partial charge in [0, 0.05) is 6.54 Å². The zero-order valence-corrected chi connectivity index (χ0v) is 12.0. The molecule has 5 nitrogen and oxygen atoms in total. The molecule has 106 valence electrons. The second kappa shape index (κ2) is 5.58. The zero-order valence-electron chi connectivity index (χ0n) is 11.2. The first-order valence-corrected chi connectivity index (χ1v) is 7.68. The highest BCUT2D eigenvalue weighted by Gasteiger charge is 2.34. The van der Waals surface area contributed by atoms with Crippen LogP contribution >= 0.6 is 0 Å². The van der Waals surface area contributed by atoms with Gasteiger partial charge in [-0.05, 0) is 25.5 Å². The number of morpholine rings is 1. The van der Waals surface area contributed by atoms with E-state index in [4.69, 9.17) is 4.74 Å². The molecule has 1 aliphatic rings. The van der Waals surface area contributed by atoms with Crippen molar-refractivity contribution in [3.8, 4) is 0 Å². The van der Waals surface area contributed by atoms with Crippen LogP contribution in [0.4, 0.5) is 0 Å². The summed E-state index contributed by atoms with van der Waals surface area (Å²) < 4.78 is 31.9. The molecule has 0 aliphatic carbocycles. The standard InChI is InChI=1S/C13H19NO4S/c1-10-3-4-13(11(2)7-10)19(16,17)14-5-6-18-9-12(14)8-15/h3-4,7,12,15H,5-6,8-9H2,1-2H3. The molecule has 19 heavy (non-hydrogen) atoms. The predicted octanol–water partition coefficient (Wildman–Crippen LogP) is 0.685. The van der Waals surface area contributed by atoms with E-state index in [1.165, 1.54) is 4.31 Å². The Hall–Kier alpha value is -0.950. The number of nitrogens with zero attached hydrogens (tertiary/aromatic N) is 1. The fraction of sp³-hybridized carbons (Fsp3) is 0.538. The number of aliphatic hydroxyl groups excluding tert-OH is 1. The van der Waals surface area contributed by atoms with E-state index in [9.17, 15) is 13.5 Å². The molecule has 1 atom stereocenters. The largest absolute Gasteiger partial charge is 0.395 e. The fourth-order valence-electron chi connectivity index (χ4n) is 2.31. The van der Waals surface area contributed by atoms with Gasteiger partial charge >= 0.3 is 0 Å². The molecule has 0 radical (unpaired) electrons. The van der Waals surface area contributed by atoms with Crippen molar-refractivity contribution in [1.29, 1.82) is 0 Å². The van der Waals surface area contributed by atoms with E-state index in [0.717, 1.165) is 11.1 Å². The molecule has 1 aliphatic heterocycles. The van der Waals surface area contributed by atoms with Crippen LogP contribution < -0.4 is 0 Å². The van der Waals surface area contributed by atoms with Crippen LogP contribution in [0.2, 0.25) is 0 Å². The number of hydrogen-bond donors (Lipinski definition) is 1. The van der Waals surface area contributed by atoms with E-state index in [0.29, 0.717) is 11.5 Å². The Morgan fingerprint density at radius 1 is 1.42 bits per heavy atom. The van der Waals surface area contributed by atoms with Crippen molar-refractivity contribution >= 4 is 10.0 Å². The van der Waals surface area contributed by atoms with Gasteiger partial charge in [-0.1, -0.05) is 17.7 Å². The number of aryl methyl sites for hydroxylation is 2. The van der Waals surface area contributed by atoms with E-state index >= 15 is 0 Å². The number of aliphatic hydroxyl groups is 1. The lowest BCUT2D eigenvalue weighted by atomic mass is 10.2. The van der Waals surface area contributed by atoms with E-state index < -0.39 is 16.1 Å². The zero-order chi connectivity index (χ0) is 14.0. The fourth-order valence-corrected chi connectivity index (χ4v) is 4.11. The van der Waals surface area contributed by atoms with Crippen LogP contribution in [0.1, 0.15) is 11.1 Å². The lowest BCUT2D eigenvalue weighted by molar-refractivity contribution is 0.0109. The van der Waals surface area contributed by atoms with Gasteiger partial charge in [-0.25, -0.2) is 8.42 Å². The summed E-state index contributed by atoms with van der Waals surface area (Å²) >= 11 is 0. The van der Waals surface area contributed by atoms with Crippen molar-refractivity contribution in [2.24, 2.45) is 0 Å². The Kier molecular flexibility index (Phi) is 4.25. The highest BCUT2D eigenvalue weighted by molar-refractivity contribution is 7.89. The Balaban J connectivity index is 2.40. The number of sulfonamides is 1. The summed E-state index contributed by atoms with van der Waals surface area (Å²) in [4.78, 5) is 0.304. The molecular formula is C13H19NO4S. The molecule has 0 saturated carbocycles. The molecule has 0 amide bonds. The molecule has 0 spiro atoms. The number of benzene rings is 1. The molecule has 1 fully saturated rings. The topological polar surface area (TPSA) is 66.8 Å². The Morgan fingerprint density at radius 3 is 2.79 bits per heavy atom. The minimum absolute atomic E-state index is 0.232. The van der Waals surface area contributed by atoms with Gasteiger partial charge in [-0.15, -0.1) is 0 Å². The maximum absolute atomic E-state index is 12.6. The van der Waals surface area contributed by atoms with Crippen LogP contribution in [0.3, 0.4) is 0 Å². The first kappa shape index (κ1) is 14.5. The van der Waals surface area contributed by atoms with Gasteiger partial charge in [-0.2, -0.15) is 4.31 Å². The van der Waals surface area contributed by atoms with Crippen LogP contribution in [0.25, 0.3) is 0 Å². The first-order valence-electron chi connectivity index (χ1n) is 6.24. The average molecular weight is 285 g/mol. The average Bonchev–Trinajstić information content (AvgIpc) is 2.38. The van der Waals surface area contributed by atoms with Crippen LogP contribution in [0.15, 0.2) is 23.1 Å². The number of ether oxygens (including phenoxy) is 1. The molecule has 1 heterocycles. The molecule has 1 saturated heterocycles. The Bertz CT molecular complexity index is 556. The second-order valence-corrected chi connectivity index (χ2v) is 6.65. The van der Waals surface area contributed by atoms with E-state index in [1.54, 1.807) is 19.1 Å². The van der Waals surface area contributed by atoms with Gasteiger partial charge in [0.1, 0.15) is 0 Å². The normalized spacial score (nSPS) is 21.5. The van der Waals surface area contributed by atoms with Gasteiger partial charge in [-0.3, -0.25) is 0 Å². The second-order valence-electron chi connectivity index (χ2n) is 4.80. The van der Waals surface area contributed by atoms with E-state index in [-0.39, 0.29) is 19.8 Å². The highest BCUT2D eigenvalue weighted by atomic mass is 32.2. The van der Waals surface area contributed by atoms with Crippen molar-refractivity contribution < 1.29 is 18.3 Å². The highest BCUT2D eigenvalue weighted by Crippen LogP contribution is 2.24. The van der Waals surface area contributed by atoms with Crippen LogP contribution in [0, 0.1) is 13.8 Å². The number of hydrogen-bond acceptors (Lipinski definition) is 4. The molecule has 0 bridgehead atoms. The smallest absolute Gasteiger partial charge is 0.243 e. The third kappa shape index (κ3) is 2.81. The molecule has 6 heteroatoms. The summed E-state index contributed by atoms with van der Waals surface area (Å²) in [6, 6.07) is 4.76. The number of rotatable bonds is 3. The van der Waals surface area contributed by atoms with Gasteiger partial charge in [0.25, 0.3) is 0 Å². The SMILES string of the molecule is Cc1ccc(S(=O)(=O)N2CCOCC2CO)c(C)c1. The van der Waals surface area contributed by atoms with Crippen molar-refractivity contribution in [3.63, 3.8) is 0 Å². The molecular weight excluding hydrogens is 266 g/mol. The lowest BCUT2D eigenvalue weighted by Crippen LogP contribution is -2.50. The van der Waals surface area contributed by atoms with Gasteiger partial charge in [0.05, 0.1) is 30.8 Å². The minimum atomic E-state index is -3.58. The predicted molar refractivity (Wildman–Crippen MR) is 71.5 cm³/mol. The molecule has 0 aromatic heterocycles. The first-order chi connectivity index (χ1) is 8.96. The van der Waals surface area contributed by atoms with Crippen molar-refractivity contribution in [3.05, 3.63) is 29.3 Å². The molecule has 1 aromatic rings. The van der Waals surface area contributed by atoms with Crippen LogP contribution in [-0.4, -0.2) is 50.2 Å². The minimum Gasteiger partial charge on any atom is -0.395 e. The monoisotopic (exact) mass is 285 g/mol. The van der Waals surface area contributed by atoms with E-state index in [2.05, 4.69) is 0 Å². The molecule has 1 aromatic carbocycles. The van der Waals surface area contributed by atoms with Crippen LogP contribution in [0.5, 0.6) is 0 Å². The van der Waals surface area contributed by atoms with Gasteiger partial charge in [0.15, 0.2) is 0 Å². The van der Waals surface area contributed by atoms with Crippen molar-refractivity contribution in [2.75, 3.05) is 26.4 Å². The summed E-state index contributed by atoms with van der Waals surface area (Å²) in [7, 11) is -3.58.